The Balaban J connectivity index is 2.00. The molecule has 0 unspecified atom stereocenters. The van der Waals surface area contributed by atoms with Gasteiger partial charge in [0.1, 0.15) is 17.9 Å². The van der Waals surface area contributed by atoms with E-state index in [4.69, 9.17) is 21.3 Å². The normalized spacial score (nSPS) is 12.4. The minimum Gasteiger partial charge on any atom is -0.487 e. The van der Waals surface area contributed by atoms with Crippen molar-refractivity contribution in [3.63, 3.8) is 0 Å². The molecule has 0 aliphatic heterocycles. The molecule has 0 aliphatic rings. The maximum atomic E-state index is 12.6. The number of para-hydroxylation sites is 1. The van der Waals surface area contributed by atoms with Crippen molar-refractivity contribution in [2.45, 2.75) is 39.2 Å². The first-order valence-electron chi connectivity index (χ1n) is 11.6. The number of pyridine rings is 2. The van der Waals surface area contributed by atoms with Gasteiger partial charge in [0.25, 0.3) is 0 Å². The molecule has 2 heterocycles. The maximum absolute atomic E-state index is 12.6. The number of aromatic nitrogens is 2. The average Bonchev–Trinajstić information content (AvgIpc) is 2.81. The summed E-state index contributed by atoms with van der Waals surface area (Å²) in [6.45, 7) is 9.39. The van der Waals surface area contributed by atoms with Gasteiger partial charge in [0.05, 0.1) is 10.3 Å². The predicted octanol–water partition coefficient (Wildman–Crippen LogP) is 5.43. The van der Waals surface area contributed by atoms with E-state index < -0.39 is 15.3 Å². The van der Waals surface area contributed by atoms with E-state index in [2.05, 4.69) is 11.6 Å². The standard InChI is InChI=1S/C27H33ClN4O3S/c1-8-10-25(31(5)6)22-13-19(4)30-27-21(22)11-9-12-26(27)35-17-23-20(14-29-15-24(23)28)16-32(7)36(33,34)18(2)3/h8-15,18H,1,16-17H2,2-7H3/b25-10-. The van der Waals surface area contributed by atoms with Gasteiger partial charge >= 0.3 is 0 Å². The highest BCUT2D eigenvalue weighted by Crippen LogP contribution is 2.33. The smallest absolute Gasteiger partial charge is 0.216 e. The van der Waals surface area contributed by atoms with Crippen LogP contribution in [-0.4, -0.2) is 54.0 Å². The van der Waals surface area contributed by atoms with Crippen LogP contribution < -0.4 is 4.74 Å². The highest BCUT2D eigenvalue weighted by molar-refractivity contribution is 7.89. The van der Waals surface area contributed by atoms with Gasteiger partial charge in [-0.05, 0) is 44.5 Å². The molecule has 0 bridgehead atoms. The van der Waals surface area contributed by atoms with Crippen molar-refractivity contribution in [2.75, 3.05) is 21.1 Å². The molecule has 0 aliphatic carbocycles. The monoisotopic (exact) mass is 528 g/mol. The van der Waals surface area contributed by atoms with E-state index in [9.17, 15) is 8.42 Å². The van der Waals surface area contributed by atoms with E-state index in [1.807, 2.05) is 56.3 Å². The van der Waals surface area contributed by atoms with Crippen LogP contribution in [0, 0.1) is 6.92 Å². The first kappa shape index (κ1) is 27.6. The number of fused-ring (bicyclic) bond motifs is 1. The highest BCUT2D eigenvalue weighted by Gasteiger charge is 2.24. The molecule has 9 heteroatoms. The molecule has 0 fully saturated rings. The van der Waals surface area contributed by atoms with Crippen molar-refractivity contribution in [3.05, 3.63) is 82.8 Å². The number of nitrogens with zero attached hydrogens (tertiary/aromatic N) is 4. The van der Waals surface area contributed by atoms with Gasteiger partial charge in [0.15, 0.2) is 0 Å². The lowest BCUT2D eigenvalue weighted by Gasteiger charge is -2.22. The van der Waals surface area contributed by atoms with E-state index in [-0.39, 0.29) is 13.2 Å². The summed E-state index contributed by atoms with van der Waals surface area (Å²) in [5.74, 6) is 0.608. The Morgan fingerprint density at radius 2 is 1.94 bits per heavy atom. The number of benzene rings is 1. The molecule has 0 radical (unpaired) electrons. The van der Waals surface area contributed by atoms with Gasteiger partial charge in [0.2, 0.25) is 10.0 Å². The molecule has 0 atom stereocenters. The van der Waals surface area contributed by atoms with Crippen LogP contribution in [0.15, 0.2) is 55.4 Å². The molecule has 36 heavy (non-hydrogen) atoms. The summed E-state index contributed by atoms with van der Waals surface area (Å²) in [7, 11) is 2.09. The van der Waals surface area contributed by atoms with Crippen LogP contribution in [0.25, 0.3) is 16.6 Å². The zero-order valence-corrected chi connectivity index (χ0v) is 23.2. The third-order valence-electron chi connectivity index (χ3n) is 5.85. The molecular formula is C27H33ClN4O3S. The number of sulfonamides is 1. The largest absolute Gasteiger partial charge is 0.487 e. The number of hydrogen-bond acceptors (Lipinski definition) is 6. The zero-order valence-electron chi connectivity index (χ0n) is 21.6. The van der Waals surface area contributed by atoms with E-state index in [0.29, 0.717) is 21.9 Å². The van der Waals surface area contributed by atoms with Crippen LogP contribution in [0.3, 0.4) is 0 Å². The van der Waals surface area contributed by atoms with E-state index in [1.165, 1.54) is 10.5 Å². The van der Waals surface area contributed by atoms with E-state index in [0.717, 1.165) is 27.9 Å². The molecular weight excluding hydrogens is 496 g/mol. The Bertz CT molecular complexity index is 1400. The van der Waals surface area contributed by atoms with E-state index >= 15 is 0 Å². The summed E-state index contributed by atoms with van der Waals surface area (Å²) in [6.07, 6.45) is 6.89. The first-order chi connectivity index (χ1) is 17.0. The minimum atomic E-state index is -3.43. The fraction of sp³-hybridized carbons (Fsp3) is 0.333. The first-order valence-corrected chi connectivity index (χ1v) is 13.5. The molecule has 0 saturated heterocycles. The third-order valence-corrected chi connectivity index (χ3v) is 8.37. The molecule has 3 aromatic rings. The second-order valence-electron chi connectivity index (χ2n) is 9.04. The molecule has 7 nitrogen and oxygen atoms in total. The number of allylic oxidation sites excluding steroid dienone is 2. The second-order valence-corrected chi connectivity index (χ2v) is 12.0. The molecule has 0 amide bonds. The van der Waals surface area contributed by atoms with E-state index in [1.54, 1.807) is 33.2 Å². The molecule has 192 valence electrons. The summed E-state index contributed by atoms with van der Waals surface area (Å²) in [5.41, 5.74) is 4.98. The van der Waals surface area contributed by atoms with Gasteiger partial charge in [0, 0.05) is 68.0 Å². The molecule has 0 saturated carbocycles. The van der Waals surface area contributed by atoms with Crippen molar-refractivity contribution < 1.29 is 13.2 Å². The Morgan fingerprint density at radius 3 is 2.58 bits per heavy atom. The molecule has 1 aromatic carbocycles. The van der Waals surface area contributed by atoms with Gasteiger partial charge in [-0.2, -0.15) is 0 Å². The number of ether oxygens (including phenoxy) is 1. The molecule has 0 N–H and O–H groups in total. The summed E-state index contributed by atoms with van der Waals surface area (Å²) < 4.78 is 32.8. The van der Waals surface area contributed by atoms with Crippen LogP contribution in [0.1, 0.15) is 36.2 Å². The molecule has 2 aromatic heterocycles. The van der Waals surface area contributed by atoms with Crippen molar-refractivity contribution in [2.24, 2.45) is 0 Å². The van der Waals surface area contributed by atoms with Crippen LogP contribution in [0.5, 0.6) is 5.75 Å². The Kier molecular flexibility index (Phi) is 8.76. The second kappa shape index (κ2) is 11.4. The van der Waals surface area contributed by atoms with Gasteiger partial charge in [-0.3, -0.25) is 4.98 Å². The average molecular weight is 529 g/mol. The fourth-order valence-corrected chi connectivity index (χ4v) is 5.18. The molecule has 0 spiro atoms. The minimum absolute atomic E-state index is 0.138. The predicted molar refractivity (Wildman–Crippen MR) is 147 cm³/mol. The van der Waals surface area contributed by atoms with Crippen molar-refractivity contribution in [3.8, 4) is 5.75 Å². The number of rotatable bonds is 10. The SMILES string of the molecule is C=C/C=C(/c1cc(C)nc2c(OCc3c(Cl)cncc3CN(C)S(=O)(=O)C(C)C)cccc12)N(C)C. The van der Waals surface area contributed by atoms with Crippen LogP contribution in [0.2, 0.25) is 5.02 Å². The number of aryl methyl sites for hydroxylation is 1. The maximum Gasteiger partial charge on any atom is 0.216 e. The highest BCUT2D eigenvalue weighted by atomic mass is 35.5. The zero-order chi connectivity index (χ0) is 26.6. The summed E-state index contributed by atoms with van der Waals surface area (Å²) in [5, 5.41) is 0.830. The fourth-order valence-electron chi connectivity index (χ4n) is 3.91. The Morgan fingerprint density at radius 1 is 1.22 bits per heavy atom. The van der Waals surface area contributed by atoms with Crippen LogP contribution >= 0.6 is 11.6 Å². The summed E-state index contributed by atoms with van der Waals surface area (Å²) >= 11 is 6.49. The van der Waals surface area contributed by atoms with Gasteiger partial charge in [-0.25, -0.2) is 17.7 Å². The lowest BCUT2D eigenvalue weighted by atomic mass is 10.0. The van der Waals surface area contributed by atoms with Gasteiger partial charge < -0.3 is 9.64 Å². The van der Waals surface area contributed by atoms with Gasteiger partial charge in [-0.15, -0.1) is 0 Å². The molecule has 3 rings (SSSR count). The van der Waals surface area contributed by atoms with Crippen molar-refractivity contribution >= 4 is 38.2 Å². The summed E-state index contributed by atoms with van der Waals surface area (Å²) in [6, 6.07) is 7.86. The van der Waals surface area contributed by atoms with Crippen LogP contribution in [0.4, 0.5) is 0 Å². The van der Waals surface area contributed by atoms with Crippen molar-refractivity contribution in [1.82, 2.24) is 19.2 Å². The number of hydrogen-bond donors (Lipinski definition) is 0. The Labute approximate surface area is 219 Å². The number of halogens is 1. The third kappa shape index (κ3) is 5.88. The quantitative estimate of drug-likeness (QED) is 0.327. The van der Waals surface area contributed by atoms with Gasteiger partial charge in [-0.1, -0.05) is 36.4 Å². The topological polar surface area (TPSA) is 75.6 Å². The lowest BCUT2D eigenvalue weighted by Crippen LogP contribution is -2.33. The Hall–Kier alpha value is -2.94. The summed E-state index contributed by atoms with van der Waals surface area (Å²) in [4.78, 5) is 11.0. The van der Waals surface area contributed by atoms with Crippen LogP contribution in [-0.2, 0) is 23.2 Å². The van der Waals surface area contributed by atoms with Crippen molar-refractivity contribution in [1.29, 1.82) is 0 Å². The lowest BCUT2D eigenvalue weighted by molar-refractivity contribution is 0.306.